The molecule has 0 aromatic heterocycles. The summed E-state index contributed by atoms with van der Waals surface area (Å²) in [6, 6.07) is 23.1. The van der Waals surface area contributed by atoms with E-state index in [0.717, 1.165) is 30.9 Å². The maximum Gasteiger partial charge on any atom is 0.253 e. The van der Waals surface area contributed by atoms with Gasteiger partial charge in [0.2, 0.25) is 0 Å². The fourth-order valence-electron chi connectivity index (χ4n) is 3.84. The Labute approximate surface area is 194 Å². The van der Waals surface area contributed by atoms with Gasteiger partial charge in [0, 0.05) is 43.3 Å². The zero-order chi connectivity index (χ0) is 22.3. The number of rotatable bonds is 7. The molecule has 1 heterocycles. The van der Waals surface area contributed by atoms with Gasteiger partial charge in [-0.05, 0) is 53.6 Å². The summed E-state index contributed by atoms with van der Waals surface area (Å²) in [7, 11) is 1.68. The lowest BCUT2D eigenvalue weighted by atomic mass is 10.1. The van der Waals surface area contributed by atoms with Crippen molar-refractivity contribution in [2.75, 3.05) is 33.3 Å². The van der Waals surface area contributed by atoms with Crippen LogP contribution in [-0.2, 0) is 13.2 Å². The van der Waals surface area contributed by atoms with Gasteiger partial charge < -0.3 is 14.4 Å². The van der Waals surface area contributed by atoms with Crippen molar-refractivity contribution in [1.82, 2.24) is 9.80 Å². The molecule has 0 radical (unpaired) electrons. The highest BCUT2D eigenvalue weighted by Gasteiger charge is 2.22. The Bertz CT molecular complexity index is 1060. The first-order chi connectivity index (χ1) is 15.6. The zero-order valence-electron chi connectivity index (χ0n) is 18.2. The van der Waals surface area contributed by atoms with Gasteiger partial charge in [-0.15, -0.1) is 0 Å². The van der Waals surface area contributed by atoms with E-state index in [2.05, 4.69) is 17.0 Å². The fourth-order valence-corrected chi connectivity index (χ4v) is 4.02. The molecule has 6 heteroatoms. The van der Waals surface area contributed by atoms with Crippen LogP contribution >= 0.6 is 11.6 Å². The molecule has 32 heavy (non-hydrogen) atoms. The average molecular weight is 451 g/mol. The van der Waals surface area contributed by atoms with E-state index in [0.29, 0.717) is 36.0 Å². The van der Waals surface area contributed by atoms with Gasteiger partial charge in [-0.2, -0.15) is 0 Å². The van der Waals surface area contributed by atoms with Crippen LogP contribution in [-0.4, -0.2) is 49.0 Å². The number of hydrogen-bond donors (Lipinski definition) is 0. The Morgan fingerprint density at radius 2 is 1.59 bits per heavy atom. The molecule has 0 spiro atoms. The number of nitrogens with zero attached hydrogens (tertiary/aromatic N) is 2. The lowest BCUT2D eigenvalue weighted by Gasteiger charge is -2.35. The summed E-state index contributed by atoms with van der Waals surface area (Å²) in [5.74, 6) is 1.65. The second-order valence-corrected chi connectivity index (χ2v) is 8.30. The number of piperazine rings is 1. The molecule has 0 saturated carbocycles. The van der Waals surface area contributed by atoms with Gasteiger partial charge in [0.05, 0.1) is 7.11 Å². The normalized spacial score (nSPS) is 14.2. The number of halogens is 1. The van der Waals surface area contributed by atoms with Crippen LogP contribution in [0.5, 0.6) is 11.5 Å². The maximum absolute atomic E-state index is 13.1. The minimum absolute atomic E-state index is 0.0654. The molecule has 4 rings (SSSR count). The third-order valence-electron chi connectivity index (χ3n) is 5.58. The SMILES string of the molecule is COc1cccc(CN2CCN(C(=O)c3cccc(COc4cccc(Cl)c4)c3)CC2)c1. The summed E-state index contributed by atoms with van der Waals surface area (Å²) < 4.78 is 11.1. The predicted molar refractivity (Wildman–Crippen MR) is 126 cm³/mol. The molecule has 0 atom stereocenters. The Balaban J connectivity index is 1.31. The number of ether oxygens (including phenoxy) is 2. The van der Waals surface area contributed by atoms with Crippen molar-refractivity contribution >= 4 is 17.5 Å². The lowest BCUT2D eigenvalue weighted by Crippen LogP contribution is -2.48. The minimum atomic E-state index is 0.0654. The van der Waals surface area contributed by atoms with E-state index in [4.69, 9.17) is 21.1 Å². The molecule has 0 aliphatic carbocycles. The average Bonchev–Trinajstić information content (AvgIpc) is 2.83. The van der Waals surface area contributed by atoms with Crippen LogP contribution in [0.15, 0.2) is 72.8 Å². The molecule has 166 valence electrons. The van der Waals surface area contributed by atoms with Gasteiger partial charge in [0.25, 0.3) is 5.91 Å². The van der Waals surface area contributed by atoms with Crippen LogP contribution < -0.4 is 9.47 Å². The van der Waals surface area contributed by atoms with Crippen molar-refractivity contribution < 1.29 is 14.3 Å². The van der Waals surface area contributed by atoms with Gasteiger partial charge in [-0.25, -0.2) is 0 Å². The zero-order valence-corrected chi connectivity index (χ0v) is 18.9. The van der Waals surface area contributed by atoms with E-state index in [1.807, 2.05) is 59.5 Å². The van der Waals surface area contributed by atoms with Crippen molar-refractivity contribution in [3.63, 3.8) is 0 Å². The third-order valence-corrected chi connectivity index (χ3v) is 5.81. The van der Waals surface area contributed by atoms with E-state index >= 15 is 0 Å². The second-order valence-electron chi connectivity index (χ2n) is 7.87. The van der Waals surface area contributed by atoms with Gasteiger partial charge in [0.15, 0.2) is 0 Å². The molecule has 3 aromatic rings. The van der Waals surface area contributed by atoms with E-state index in [-0.39, 0.29) is 5.91 Å². The Hall–Kier alpha value is -3.02. The Morgan fingerprint density at radius 1 is 0.875 bits per heavy atom. The molecule has 1 saturated heterocycles. The van der Waals surface area contributed by atoms with E-state index in [9.17, 15) is 4.79 Å². The summed E-state index contributed by atoms with van der Waals surface area (Å²) in [5, 5.41) is 0.636. The standard InChI is InChI=1S/C26H27ClN2O3/c1-31-24-9-3-5-20(16-24)18-28-11-13-29(14-12-28)26(30)22-7-2-6-21(15-22)19-32-25-10-4-8-23(27)17-25/h2-10,15-17H,11-14,18-19H2,1H3. The van der Waals surface area contributed by atoms with Gasteiger partial charge >= 0.3 is 0 Å². The summed E-state index contributed by atoms with van der Waals surface area (Å²) in [6.45, 7) is 4.37. The van der Waals surface area contributed by atoms with Crippen molar-refractivity contribution in [3.05, 3.63) is 94.5 Å². The summed E-state index contributed by atoms with van der Waals surface area (Å²) in [6.07, 6.45) is 0. The van der Waals surface area contributed by atoms with E-state index in [1.165, 1.54) is 5.56 Å². The number of carbonyl (C=O) groups is 1. The highest BCUT2D eigenvalue weighted by atomic mass is 35.5. The molecule has 1 fully saturated rings. The first-order valence-electron chi connectivity index (χ1n) is 10.7. The molecule has 1 aliphatic heterocycles. The lowest BCUT2D eigenvalue weighted by molar-refractivity contribution is 0.0628. The number of benzene rings is 3. The fraction of sp³-hybridized carbons (Fsp3) is 0.269. The van der Waals surface area contributed by atoms with Crippen LogP contribution in [0.2, 0.25) is 5.02 Å². The van der Waals surface area contributed by atoms with Crippen LogP contribution in [0.4, 0.5) is 0 Å². The highest BCUT2D eigenvalue weighted by Crippen LogP contribution is 2.20. The van der Waals surface area contributed by atoms with E-state index < -0.39 is 0 Å². The smallest absolute Gasteiger partial charge is 0.253 e. The predicted octanol–water partition coefficient (Wildman–Crippen LogP) is 4.89. The number of amides is 1. The Kier molecular flexibility index (Phi) is 7.30. The topological polar surface area (TPSA) is 42.0 Å². The van der Waals surface area contributed by atoms with E-state index in [1.54, 1.807) is 13.2 Å². The van der Waals surface area contributed by atoms with Crippen molar-refractivity contribution in [2.24, 2.45) is 0 Å². The first kappa shape index (κ1) is 22.2. The molecule has 0 N–H and O–H groups in total. The van der Waals surface area contributed by atoms with Crippen molar-refractivity contribution in [2.45, 2.75) is 13.2 Å². The first-order valence-corrected chi connectivity index (χ1v) is 11.1. The summed E-state index contributed by atoms with van der Waals surface area (Å²) in [4.78, 5) is 17.4. The molecule has 0 unspecified atom stereocenters. The molecule has 0 bridgehead atoms. The summed E-state index contributed by atoms with van der Waals surface area (Å²) in [5.41, 5.74) is 2.86. The third kappa shape index (κ3) is 5.81. The molecule has 3 aromatic carbocycles. The minimum Gasteiger partial charge on any atom is -0.497 e. The highest BCUT2D eigenvalue weighted by molar-refractivity contribution is 6.30. The molecule has 1 aliphatic rings. The van der Waals surface area contributed by atoms with Crippen molar-refractivity contribution in [3.8, 4) is 11.5 Å². The number of methoxy groups -OCH3 is 1. The molecule has 5 nitrogen and oxygen atoms in total. The summed E-state index contributed by atoms with van der Waals surface area (Å²) >= 11 is 6.01. The maximum atomic E-state index is 13.1. The molecular weight excluding hydrogens is 424 g/mol. The Morgan fingerprint density at radius 3 is 2.38 bits per heavy atom. The monoisotopic (exact) mass is 450 g/mol. The van der Waals surface area contributed by atoms with Crippen LogP contribution in [0.25, 0.3) is 0 Å². The van der Waals surface area contributed by atoms with Gasteiger partial charge in [-0.1, -0.05) is 41.9 Å². The van der Waals surface area contributed by atoms with Gasteiger partial charge in [0.1, 0.15) is 18.1 Å². The molecule has 1 amide bonds. The largest absolute Gasteiger partial charge is 0.497 e. The van der Waals surface area contributed by atoms with Crippen molar-refractivity contribution in [1.29, 1.82) is 0 Å². The number of hydrogen-bond acceptors (Lipinski definition) is 4. The molecular formula is C26H27ClN2O3. The van der Waals surface area contributed by atoms with Crippen LogP contribution in [0.1, 0.15) is 21.5 Å². The van der Waals surface area contributed by atoms with Gasteiger partial charge in [-0.3, -0.25) is 9.69 Å². The second kappa shape index (κ2) is 10.5. The van der Waals surface area contributed by atoms with Crippen LogP contribution in [0, 0.1) is 0 Å². The van der Waals surface area contributed by atoms with Crippen LogP contribution in [0.3, 0.4) is 0 Å². The quantitative estimate of drug-likeness (QED) is 0.514. The number of carbonyl (C=O) groups excluding carboxylic acids is 1.